The molecule has 0 aromatic rings. The molecule has 0 amide bonds. The fraction of sp³-hybridized carbons (Fsp3) is 0.750. The number of hydrogen-bond acceptors (Lipinski definition) is 6. The van der Waals surface area contributed by atoms with Crippen LogP contribution in [0.1, 0.15) is 12.8 Å². The van der Waals surface area contributed by atoms with Gasteiger partial charge in [0.05, 0.1) is 27.4 Å². The van der Waals surface area contributed by atoms with E-state index in [1.807, 2.05) is 0 Å². The average molecular weight is 206 g/mol. The number of hydrogen-bond donors (Lipinski definition) is 0. The lowest BCUT2D eigenvalue weighted by Crippen LogP contribution is -2.08. The molecule has 82 valence electrons. The van der Waals surface area contributed by atoms with E-state index < -0.39 is 12.3 Å². The molecular formula is C8H14O6. The Hall–Kier alpha value is -1.46. The summed E-state index contributed by atoms with van der Waals surface area (Å²) in [6.45, 7) is 0.494. The first kappa shape index (κ1) is 12.5. The van der Waals surface area contributed by atoms with Crippen molar-refractivity contribution in [2.24, 2.45) is 0 Å². The van der Waals surface area contributed by atoms with Crippen molar-refractivity contribution in [3.63, 3.8) is 0 Å². The van der Waals surface area contributed by atoms with E-state index in [4.69, 9.17) is 0 Å². The van der Waals surface area contributed by atoms with Crippen molar-refractivity contribution in [1.29, 1.82) is 0 Å². The maximum atomic E-state index is 10.4. The molecule has 14 heavy (non-hydrogen) atoms. The Morgan fingerprint density at radius 3 is 1.50 bits per heavy atom. The summed E-state index contributed by atoms with van der Waals surface area (Å²) in [6, 6.07) is 0. The Morgan fingerprint density at radius 1 is 0.857 bits per heavy atom. The molecule has 0 radical (unpaired) electrons. The van der Waals surface area contributed by atoms with Crippen molar-refractivity contribution >= 4 is 12.3 Å². The minimum Gasteiger partial charge on any atom is -0.438 e. The Kier molecular flexibility index (Phi) is 7.30. The highest BCUT2D eigenvalue weighted by Crippen LogP contribution is 1.94. The largest absolute Gasteiger partial charge is 0.507 e. The Bertz CT molecular complexity index is 159. The minimum atomic E-state index is -0.709. The molecule has 0 saturated carbocycles. The second-order valence-corrected chi connectivity index (χ2v) is 2.31. The van der Waals surface area contributed by atoms with Crippen LogP contribution in [-0.2, 0) is 18.9 Å². The topological polar surface area (TPSA) is 71.1 Å². The van der Waals surface area contributed by atoms with E-state index in [1.165, 1.54) is 14.2 Å². The van der Waals surface area contributed by atoms with Crippen molar-refractivity contribution in [2.45, 2.75) is 12.8 Å². The van der Waals surface area contributed by atoms with Crippen molar-refractivity contribution in [1.82, 2.24) is 0 Å². The summed E-state index contributed by atoms with van der Waals surface area (Å²) in [5.41, 5.74) is 0. The van der Waals surface area contributed by atoms with Gasteiger partial charge in [-0.3, -0.25) is 0 Å². The van der Waals surface area contributed by atoms with Gasteiger partial charge in [-0.25, -0.2) is 9.59 Å². The molecule has 0 rings (SSSR count). The smallest absolute Gasteiger partial charge is 0.438 e. The first-order valence-electron chi connectivity index (χ1n) is 4.12. The lowest BCUT2D eigenvalue weighted by Gasteiger charge is -2.03. The van der Waals surface area contributed by atoms with Gasteiger partial charge in [-0.05, 0) is 12.8 Å². The molecule has 6 nitrogen and oxygen atoms in total. The van der Waals surface area contributed by atoms with Crippen LogP contribution in [-0.4, -0.2) is 39.7 Å². The molecule has 0 fully saturated rings. The fourth-order valence-corrected chi connectivity index (χ4v) is 0.633. The predicted molar refractivity (Wildman–Crippen MR) is 45.9 cm³/mol. The number of methoxy groups -OCH3 is 2. The molecule has 6 heteroatoms. The van der Waals surface area contributed by atoms with Crippen molar-refractivity contribution in [3.05, 3.63) is 0 Å². The third-order valence-corrected chi connectivity index (χ3v) is 1.31. The molecule has 0 unspecified atom stereocenters. The molecule has 0 saturated heterocycles. The zero-order chi connectivity index (χ0) is 10.8. The van der Waals surface area contributed by atoms with E-state index in [9.17, 15) is 9.59 Å². The number of rotatable bonds is 5. The maximum Gasteiger partial charge on any atom is 0.507 e. The minimum absolute atomic E-state index is 0.247. The molecule has 0 aliphatic carbocycles. The molecular weight excluding hydrogens is 192 g/mol. The van der Waals surface area contributed by atoms with Gasteiger partial charge >= 0.3 is 12.3 Å². The van der Waals surface area contributed by atoms with Crippen LogP contribution < -0.4 is 0 Å². The van der Waals surface area contributed by atoms with Gasteiger partial charge < -0.3 is 18.9 Å². The van der Waals surface area contributed by atoms with Gasteiger partial charge in [0.15, 0.2) is 0 Å². The molecule has 0 heterocycles. The molecule has 0 N–H and O–H groups in total. The summed E-state index contributed by atoms with van der Waals surface area (Å²) in [4.78, 5) is 20.9. The molecule has 0 aromatic carbocycles. The van der Waals surface area contributed by atoms with Crippen molar-refractivity contribution in [3.8, 4) is 0 Å². The monoisotopic (exact) mass is 206 g/mol. The standard InChI is InChI=1S/C8H14O6/c1-11-7(9)13-5-3-4-6-14-8(10)12-2/h3-6H2,1-2H3. The van der Waals surface area contributed by atoms with Gasteiger partial charge in [0.1, 0.15) is 0 Å². The van der Waals surface area contributed by atoms with Crippen molar-refractivity contribution in [2.75, 3.05) is 27.4 Å². The van der Waals surface area contributed by atoms with Gasteiger partial charge in [-0.2, -0.15) is 0 Å². The number of unbranched alkanes of at least 4 members (excludes halogenated alkanes) is 1. The highest BCUT2D eigenvalue weighted by molar-refractivity contribution is 5.59. The number of carbonyl (C=O) groups is 2. The summed E-state index contributed by atoms with van der Waals surface area (Å²) in [6.07, 6.45) is -0.212. The SMILES string of the molecule is COC(=O)OCCCCOC(=O)OC. The van der Waals surface area contributed by atoms with Crippen molar-refractivity contribution < 1.29 is 28.5 Å². The number of carbonyl (C=O) groups excluding carboxylic acids is 2. The zero-order valence-electron chi connectivity index (χ0n) is 8.28. The summed E-state index contributed by atoms with van der Waals surface area (Å²) >= 11 is 0. The summed E-state index contributed by atoms with van der Waals surface area (Å²) in [5, 5.41) is 0. The highest BCUT2D eigenvalue weighted by atomic mass is 16.7. The lowest BCUT2D eigenvalue weighted by atomic mass is 10.3. The fourth-order valence-electron chi connectivity index (χ4n) is 0.633. The van der Waals surface area contributed by atoms with Crippen LogP contribution >= 0.6 is 0 Å². The lowest BCUT2D eigenvalue weighted by molar-refractivity contribution is 0.0598. The van der Waals surface area contributed by atoms with Crippen LogP contribution in [0, 0.1) is 0 Å². The first-order chi connectivity index (χ1) is 6.70. The van der Waals surface area contributed by atoms with Gasteiger partial charge in [0.2, 0.25) is 0 Å². The van der Waals surface area contributed by atoms with E-state index in [0.29, 0.717) is 12.8 Å². The average Bonchev–Trinajstić information content (AvgIpc) is 2.22. The maximum absolute atomic E-state index is 10.4. The number of ether oxygens (including phenoxy) is 4. The van der Waals surface area contributed by atoms with Crippen LogP contribution in [0.25, 0.3) is 0 Å². The van der Waals surface area contributed by atoms with E-state index in [-0.39, 0.29) is 13.2 Å². The van der Waals surface area contributed by atoms with Crippen LogP contribution in [0.5, 0.6) is 0 Å². The first-order valence-corrected chi connectivity index (χ1v) is 4.12. The van der Waals surface area contributed by atoms with E-state index in [2.05, 4.69) is 18.9 Å². The summed E-state index contributed by atoms with van der Waals surface area (Å²) in [5.74, 6) is 0. The second kappa shape index (κ2) is 8.15. The van der Waals surface area contributed by atoms with Gasteiger partial charge in [-0.15, -0.1) is 0 Å². The zero-order valence-corrected chi connectivity index (χ0v) is 8.28. The molecule has 0 aromatic heterocycles. The predicted octanol–water partition coefficient (Wildman–Crippen LogP) is 1.33. The highest BCUT2D eigenvalue weighted by Gasteiger charge is 2.01. The van der Waals surface area contributed by atoms with Crippen LogP contribution in [0.15, 0.2) is 0 Å². The third-order valence-electron chi connectivity index (χ3n) is 1.31. The Labute approximate surface area is 82.1 Å². The van der Waals surface area contributed by atoms with E-state index in [0.717, 1.165) is 0 Å². The van der Waals surface area contributed by atoms with E-state index >= 15 is 0 Å². The van der Waals surface area contributed by atoms with Crippen LogP contribution in [0.4, 0.5) is 9.59 Å². The summed E-state index contributed by atoms with van der Waals surface area (Å²) < 4.78 is 17.7. The second-order valence-electron chi connectivity index (χ2n) is 2.31. The normalized spacial score (nSPS) is 9.00. The summed E-state index contributed by atoms with van der Waals surface area (Å²) in [7, 11) is 2.48. The van der Waals surface area contributed by atoms with Crippen LogP contribution in [0.2, 0.25) is 0 Å². The Balaban J connectivity index is 3.14. The molecule has 0 aliphatic rings. The van der Waals surface area contributed by atoms with Gasteiger partial charge in [0.25, 0.3) is 0 Å². The Morgan fingerprint density at radius 2 is 1.21 bits per heavy atom. The van der Waals surface area contributed by atoms with Gasteiger partial charge in [0, 0.05) is 0 Å². The molecule has 0 atom stereocenters. The third kappa shape index (κ3) is 7.20. The molecule has 0 aliphatic heterocycles. The quantitative estimate of drug-likeness (QED) is 0.499. The van der Waals surface area contributed by atoms with E-state index in [1.54, 1.807) is 0 Å². The van der Waals surface area contributed by atoms with Gasteiger partial charge in [-0.1, -0.05) is 0 Å². The van der Waals surface area contributed by atoms with Crippen LogP contribution in [0.3, 0.4) is 0 Å². The molecule has 0 spiro atoms. The molecule has 0 bridgehead atoms.